The number of esters is 1. The minimum absolute atomic E-state index is 0.000162. The summed E-state index contributed by atoms with van der Waals surface area (Å²) in [5.41, 5.74) is 0.0821. The van der Waals surface area contributed by atoms with Crippen molar-refractivity contribution in [1.82, 2.24) is 0 Å². The summed E-state index contributed by atoms with van der Waals surface area (Å²) in [5.74, 6) is 1.35. The third kappa shape index (κ3) is 1.49. The second-order valence-electron chi connectivity index (χ2n) is 6.83. The zero-order chi connectivity index (χ0) is 13.1. The molecule has 0 spiro atoms. The molecule has 6 atom stereocenters. The number of Topliss-reactive ketones (excluding diaryl/α,β-unsaturated/α-hetero) is 1. The van der Waals surface area contributed by atoms with Crippen molar-refractivity contribution in [2.45, 2.75) is 52.6 Å². The van der Waals surface area contributed by atoms with E-state index in [4.69, 9.17) is 4.74 Å². The smallest absolute Gasteiger partial charge is 0.309 e. The summed E-state index contributed by atoms with van der Waals surface area (Å²) in [4.78, 5) is 23.9. The molecule has 0 radical (unpaired) electrons. The van der Waals surface area contributed by atoms with Crippen LogP contribution in [0.4, 0.5) is 0 Å². The van der Waals surface area contributed by atoms with Gasteiger partial charge in [-0.1, -0.05) is 20.8 Å². The van der Waals surface area contributed by atoms with Crippen LogP contribution in [-0.4, -0.2) is 17.9 Å². The van der Waals surface area contributed by atoms with E-state index in [0.29, 0.717) is 24.0 Å². The summed E-state index contributed by atoms with van der Waals surface area (Å²) < 4.78 is 5.46. The summed E-state index contributed by atoms with van der Waals surface area (Å²) in [6.07, 6.45) is 3.46. The van der Waals surface area contributed by atoms with Crippen molar-refractivity contribution < 1.29 is 14.3 Å². The summed E-state index contributed by atoms with van der Waals surface area (Å²) in [6, 6.07) is 0. The molecule has 0 N–H and O–H groups in total. The molecule has 1 heterocycles. The van der Waals surface area contributed by atoms with Gasteiger partial charge in [0, 0.05) is 18.3 Å². The lowest BCUT2D eigenvalue weighted by Gasteiger charge is -2.51. The van der Waals surface area contributed by atoms with Crippen molar-refractivity contribution in [3.63, 3.8) is 0 Å². The molecule has 3 rings (SSSR count). The molecule has 3 aliphatic rings. The normalized spacial score (nSPS) is 51.6. The molecule has 0 aromatic heterocycles. The lowest BCUT2D eigenvalue weighted by Crippen LogP contribution is -2.50. The number of rotatable bonds is 0. The van der Waals surface area contributed by atoms with Gasteiger partial charge in [-0.05, 0) is 30.6 Å². The van der Waals surface area contributed by atoms with Gasteiger partial charge in [-0.15, -0.1) is 0 Å². The van der Waals surface area contributed by atoms with E-state index < -0.39 is 0 Å². The second-order valence-corrected chi connectivity index (χ2v) is 6.83. The zero-order valence-corrected chi connectivity index (χ0v) is 11.4. The third-order valence-corrected chi connectivity index (χ3v) is 6.04. The van der Waals surface area contributed by atoms with E-state index in [-0.39, 0.29) is 29.3 Å². The predicted octanol–water partition coefficient (Wildman–Crippen LogP) is 2.58. The number of hydrogen-bond acceptors (Lipinski definition) is 3. The lowest BCUT2D eigenvalue weighted by atomic mass is 9.52. The molecule has 2 saturated carbocycles. The molecule has 1 saturated heterocycles. The van der Waals surface area contributed by atoms with E-state index in [1.165, 1.54) is 0 Å². The molecule has 18 heavy (non-hydrogen) atoms. The van der Waals surface area contributed by atoms with Crippen molar-refractivity contribution in [1.29, 1.82) is 0 Å². The van der Waals surface area contributed by atoms with Crippen LogP contribution in [0.2, 0.25) is 0 Å². The minimum Gasteiger partial charge on any atom is -0.462 e. The van der Waals surface area contributed by atoms with Crippen LogP contribution in [0.15, 0.2) is 0 Å². The van der Waals surface area contributed by atoms with Gasteiger partial charge >= 0.3 is 5.97 Å². The van der Waals surface area contributed by atoms with Crippen molar-refractivity contribution in [3.05, 3.63) is 0 Å². The molecule has 0 aromatic rings. The van der Waals surface area contributed by atoms with Gasteiger partial charge in [0.25, 0.3) is 0 Å². The highest BCUT2D eigenvalue weighted by atomic mass is 16.6. The first kappa shape index (κ1) is 12.2. The molecule has 0 aromatic carbocycles. The molecular formula is C15H22O3. The molecule has 0 bridgehead atoms. The van der Waals surface area contributed by atoms with Gasteiger partial charge in [-0.2, -0.15) is 0 Å². The number of ketones is 1. The summed E-state index contributed by atoms with van der Waals surface area (Å²) in [7, 11) is 0. The van der Waals surface area contributed by atoms with E-state index in [2.05, 4.69) is 13.8 Å². The standard InChI is InChI=1S/C15H22O3/c1-8-4-5-12(16)11-6-13-10(7-15(8,11)3)9(2)14(17)18-13/h8-11,13H,4-7H2,1-3H3/t8-,9-,10-,11+,13-,15+/m0/s1. The first-order valence-corrected chi connectivity index (χ1v) is 7.16. The fourth-order valence-electron chi connectivity index (χ4n) is 4.43. The molecule has 1 aliphatic heterocycles. The Morgan fingerprint density at radius 1 is 1.28 bits per heavy atom. The van der Waals surface area contributed by atoms with Crippen molar-refractivity contribution >= 4 is 11.8 Å². The van der Waals surface area contributed by atoms with E-state index >= 15 is 0 Å². The Kier molecular flexibility index (Phi) is 2.58. The van der Waals surface area contributed by atoms with Gasteiger partial charge in [0.15, 0.2) is 0 Å². The van der Waals surface area contributed by atoms with Crippen LogP contribution in [0.1, 0.15) is 46.5 Å². The summed E-state index contributed by atoms with van der Waals surface area (Å²) in [6.45, 7) is 6.50. The Hall–Kier alpha value is -0.860. The summed E-state index contributed by atoms with van der Waals surface area (Å²) >= 11 is 0. The quantitative estimate of drug-likeness (QED) is 0.621. The maximum absolute atomic E-state index is 12.2. The van der Waals surface area contributed by atoms with Crippen LogP contribution in [0, 0.1) is 29.1 Å². The van der Waals surface area contributed by atoms with Gasteiger partial charge < -0.3 is 4.74 Å². The Bertz CT molecular complexity index is 403. The van der Waals surface area contributed by atoms with Crippen molar-refractivity contribution in [3.8, 4) is 0 Å². The number of ether oxygens (including phenoxy) is 1. The molecular weight excluding hydrogens is 228 g/mol. The second kappa shape index (κ2) is 3.82. The van der Waals surface area contributed by atoms with E-state index in [0.717, 1.165) is 19.3 Å². The number of carbonyl (C=O) groups excluding carboxylic acids is 2. The molecule has 3 heteroatoms. The molecule has 2 aliphatic carbocycles. The first-order chi connectivity index (χ1) is 8.43. The maximum Gasteiger partial charge on any atom is 0.309 e. The van der Waals surface area contributed by atoms with Gasteiger partial charge in [-0.3, -0.25) is 9.59 Å². The zero-order valence-electron chi connectivity index (χ0n) is 11.4. The van der Waals surface area contributed by atoms with Crippen molar-refractivity contribution in [2.24, 2.45) is 29.1 Å². The van der Waals surface area contributed by atoms with Crippen LogP contribution in [0.25, 0.3) is 0 Å². The predicted molar refractivity (Wildman–Crippen MR) is 66.8 cm³/mol. The largest absolute Gasteiger partial charge is 0.462 e. The van der Waals surface area contributed by atoms with E-state index in [9.17, 15) is 9.59 Å². The van der Waals surface area contributed by atoms with Crippen LogP contribution < -0.4 is 0 Å². The molecule has 0 unspecified atom stereocenters. The average molecular weight is 250 g/mol. The minimum atomic E-state index is -0.0626. The number of hydrogen-bond donors (Lipinski definition) is 0. The highest BCUT2D eigenvalue weighted by molar-refractivity contribution is 5.83. The van der Waals surface area contributed by atoms with Gasteiger partial charge in [-0.25, -0.2) is 0 Å². The highest BCUT2D eigenvalue weighted by Crippen LogP contribution is 2.56. The average Bonchev–Trinajstić information content (AvgIpc) is 2.59. The maximum atomic E-state index is 12.2. The topological polar surface area (TPSA) is 43.4 Å². The van der Waals surface area contributed by atoms with Crippen LogP contribution >= 0.6 is 0 Å². The van der Waals surface area contributed by atoms with Crippen LogP contribution in [-0.2, 0) is 14.3 Å². The van der Waals surface area contributed by atoms with E-state index in [1.807, 2.05) is 6.92 Å². The lowest BCUT2D eigenvalue weighted by molar-refractivity contribution is -0.150. The molecule has 3 nitrogen and oxygen atoms in total. The fourth-order valence-corrected chi connectivity index (χ4v) is 4.43. The SMILES string of the molecule is C[C@@H]1C(=O)O[C@H]2C[C@@H]3C(=O)CC[C@H](C)[C@@]3(C)C[C@H]21. The fraction of sp³-hybridized carbons (Fsp3) is 0.867. The first-order valence-electron chi connectivity index (χ1n) is 7.16. The molecule has 100 valence electrons. The Morgan fingerprint density at radius 2 is 2.00 bits per heavy atom. The van der Waals surface area contributed by atoms with Crippen molar-refractivity contribution in [2.75, 3.05) is 0 Å². The Labute approximate surface area is 108 Å². The molecule has 3 fully saturated rings. The highest BCUT2D eigenvalue weighted by Gasteiger charge is 2.57. The van der Waals surface area contributed by atoms with Crippen LogP contribution in [0.5, 0.6) is 0 Å². The summed E-state index contributed by atoms with van der Waals surface area (Å²) in [5, 5.41) is 0. The van der Waals surface area contributed by atoms with Gasteiger partial charge in [0.05, 0.1) is 5.92 Å². The molecule has 0 amide bonds. The Morgan fingerprint density at radius 3 is 2.72 bits per heavy atom. The Balaban J connectivity index is 1.92. The van der Waals surface area contributed by atoms with Gasteiger partial charge in [0.1, 0.15) is 11.9 Å². The van der Waals surface area contributed by atoms with E-state index in [1.54, 1.807) is 0 Å². The monoisotopic (exact) mass is 250 g/mol. The van der Waals surface area contributed by atoms with Crippen LogP contribution in [0.3, 0.4) is 0 Å². The van der Waals surface area contributed by atoms with Gasteiger partial charge in [0.2, 0.25) is 0 Å². The third-order valence-electron chi connectivity index (χ3n) is 6.04. The number of fused-ring (bicyclic) bond motifs is 2. The number of carbonyl (C=O) groups is 2.